The molecule has 1 heterocycles. The number of halogens is 1. The predicted molar refractivity (Wildman–Crippen MR) is 89.5 cm³/mol. The highest BCUT2D eigenvalue weighted by molar-refractivity contribution is 6.30. The summed E-state index contributed by atoms with van der Waals surface area (Å²) >= 11 is 6.01. The standard InChI is InChI=1S/C18H24ClNO3/c1-12-8-15(19)5-4-14(12)10-20-7-6-16(21)18(11-20,17(22)23)9-13-2-3-13/h4-5,8,13,16,21H,2-3,6-7,9-11H2,1H3,(H,22,23)/t16-,18+/m1/s1. The Bertz CT molecular complexity index is 602. The molecule has 1 aliphatic carbocycles. The Morgan fingerprint density at radius 2 is 2.13 bits per heavy atom. The largest absolute Gasteiger partial charge is 0.481 e. The van der Waals surface area contributed by atoms with Gasteiger partial charge in [0, 0.05) is 24.7 Å². The van der Waals surface area contributed by atoms with Gasteiger partial charge in [-0.1, -0.05) is 30.5 Å². The maximum absolute atomic E-state index is 12.0. The van der Waals surface area contributed by atoms with Crippen LogP contribution in [-0.2, 0) is 11.3 Å². The average Bonchev–Trinajstić information content (AvgIpc) is 3.29. The zero-order valence-electron chi connectivity index (χ0n) is 13.5. The molecule has 0 amide bonds. The van der Waals surface area contributed by atoms with Crippen LogP contribution in [0.3, 0.4) is 0 Å². The molecule has 1 aromatic carbocycles. The summed E-state index contributed by atoms with van der Waals surface area (Å²) in [6.07, 6.45) is 2.56. The van der Waals surface area contributed by atoms with Crippen molar-refractivity contribution in [3.63, 3.8) is 0 Å². The Morgan fingerprint density at radius 3 is 2.74 bits per heavy atom. The summed E-state index contributed by atoms with van der Waals surface area (Å²) in [5.41, 5.74) is 1.27. The van der Waals surface area contributed by atoms with Gasteiger partial charge in [-0.05, 0) is 48.9 Å². The molecule has 0 radical (unpaired) electrons. The van der Waals surface area contributed by atoms with Crippen LogP contribution in [0.5, 0.6) is 0 Å². The van der Waals surface area contributed by atoms with E-state index in [9.17, 15) is 15.0 Å². The number of carboxylic acid groups (broad SMARTS) is 1. The quantitative estimate of drug-likeness (QED) is 0.866. The van der Waals surface area contributed by atoms with Gasteiger partial charge in [-0.3, -0.25) is 9.69 Å². The maximum Gasteiger partial charge on any atom is 0.313 e. The molecule has 1 aromatic rings. The number of benzene rings is 1. The number of carboxylic acids is 1. The minimum atomic E-state index is -1.01. The molecule has 0 bridgehead atoms. The summed E-state index contributed by atoms with van der Waals surface area (Å²) in [5.74, 6) is -0.382. The highest BCUT2D eigenvalue weighted by Crippen LogP contribution is 2.45. The lowest BCUT2D eigenvalue weighted by atomic mass is 9.73. The molecule has 2 aliphatic rings. The summed E-state index contributed by atoms with van der Waals surface area (Å²) in [6, 6.07) is 5.81. The third-order valence-electron chi connectivity index (χ3n) is 5.34. The van der Waals surface area contributed by atoms with E-state index >= 15 is 0 Å². The fourth-order valence-electron chi connectivity index (χ4n) is 3.71. The van der Waals surface area contributed by atoms with E-state index in [4.69, 9.17) is 11.6 Å². The van der Waals surface area contributed by atoms with E-state index in [-0.39, 0.29) is 0 Å². The number of likely N-dealkylation sites (tertiary alicyclic amines) is 1. The van der Waals surface area contributed by atoms with Crippen molar-refractivity contribution >= 4 is 17.6 Å². The number of aliphatic hydroxyl groups excluding tert-OH is 1. The number of hydrogen-bond donors (Lipinski definition) is 2. The van der Waals surface area contributed by atoms with Crippen LogP contribution in [0.1, 0.15) is 36.8 Å². The molecule has 2 N–H and O–H groups in total. The summed E-state index contributed by atoms with van der Waals surface area (Å²) < 4.78 is 0. The monoisotopic (exact) mass is 337 g/mol. The number of hydrogen-bond acceptors (Lipinski definition) is 3. The number of aliphatic hydroxyl groups is 1. The fourth-order valence-corrected chi connectivity index (χ4v) is 3.94. The van der Waals surface area contributed by atoms with Gasteiger partial charge >= 0.3 is 5.97 Å². The van der Waals surface area contributed by atoms with E-state index in [0.717, 1.165) is 30.5 Å². The predicted octanol–water partition coefficient (Wildman–Crippen LogP) is 3.09. The minimum Gasteiger partial charge on any atom is -0.481 e. The zero-order chi connectivity index (χ0) is 16.6. The lowest BCUT2D eigenvalue weighted by Gasteiger charge is -2.43. The van der Waals surface area contributed by atoms with Gasteiger partial charge in [0.2, 0.25) is 0 Å². The van der Waals surface area contributed by atoms with Crippen molar-refractivity contribution in [2.45, 2.75) is 45.3 Å². The maximum atomic E-state index is 12.0. The van der Waals surface area contributed by atoms with Crippen LogP contribution in [0, 0.1) is 18.3 Å². The first-order valence-corrected chi connectivity index (χ1v) is 8.67. The zero-order valence-corrected chi connectivity index (χ0v) is 14.2. The van der Waals surface area contributed by atoms with Crippen molar-refractivity contribution in [2.24, 2.45) is 11.3 Å². The van der Waals surface area contributed by atoms with Gasteiger partial charge in [-0.15, -0.1) is 0 Å². The molecule has 0 unspecified atom stereocenters. The van der Waals surface area contributed by atoms with E-state index in [1.54, 1.807) is 0 Å². The summed E-state index contributed by atoms with van der Waals surface area (Å²) in [7, 11) is 0. The first-order chi connectivity index (χ1) is 10.9. The Balaban J connectivity index is 1.77. The van der Waals surface area contributed by atoms with E-state index in [0.29, 0.717) is 36.9 Å². The average molecular weight is 338 g/mol. The molecule has 2 fully saturated rings. The van der Waals surface area contributed by atoms with Crippen LogP contribution in [0.4, 0.5) is 0 Å². The molecule has 5 heteroatoms. The van der Waals surface area contributed by atoms with Crippen molar-refractivity contribution in [3.8, 4) is 0 Å². The lowest BCUT2D eigenvalue weighted by Crippen LogP contribution is -2.56. The molecule has 4 nitrogen and oxygen atoms in total. The number of aliphatic carboxylic acids is 1. The highest BCUT2D eigenvalue weighted by Gasteiger charge is 2.51. The summed E-state index contributed by atoms with van der Waals surface area (Å²) in [6.45, 7) is 3.87. The second-order valence-electron chi connectivity index (χ2n) is 7.19. The van der Waals surface area contributed by atoms with Gasteiger partial charge in [0.05, 0.1) is 6.10 Å². The lowest BCUT2D eigenvalue weighted by molar-refractivity contribution is -0.165. The van der Waals surface area contributed by atoms with Gasteiger partial charge in [0.1, 0.15) is 5.41 Å². The third-order valence-corrected chi connectivity index (χ3v) is 5.57. The molecule has 1 saturated carbocycles. The van der Waals surface area contributed by atoms with Crippen LogP contribution in [0.2, 0.25) is 5.02 Å². The molecule has 1 aliphatic heterocycles. The Hall–Kier alpha value is -1.10. The second-order valence-corrected chi connectivity index (χ2v) is 7.63. The van der Waals surface area contributed by atoms with E-state index < -0.39 is 17.5 Å². The third kappa shape index (κ3) is 3.54. The molecule has 3 rings (SSSR count). The Kier molecular flexibility index (Phi) is 4.68. The topological polar surface area (TPSA) is 60.8 Å². The highest BCUT2D eigenvalue weighted by atomic mass is 35.5. The number of aryl methyl sites for hydroxylation is 1. The molecule has 0 aromatic heterocycles. The molecular formula is C18H24ClNO3. The number of rotatable bonds is 5. The summed E-state index contributed by atoms with van der Waals surface area (Å²) in [5, 5.41) is 20.9. The van der Waals surface area contributed by atoms with Gasteiger partial charge in [0.15, 0.2) is 0 Å². The van der Waals surface area contributed by atoms with Gasteiger partial charge in [0.25, 0.3) is 0 Å². The summed E-state index contributed by atoms with van der Waals surface area (Å²) in [4.78, 5) is 14.1. The smallest absolute Gasteiger partial charge is 0.313 e. The van der Waals surface area contributed by atoms with Gasteiger partial charge in [-0.2, -0.15) is 0 Å². The molecule has 0 spiro atoms. The first kappa shape index (κ1) is 16.7. The van der Waals surface area contributed by atoms with Crippen molar-refractivity contribution in [1.82, 2.24) is 4.90 Å². The van der Waals surface area contributed by atoms with Crippen LogP contribution in [0.25, 0.3) is 0 Å². The van der Waals surface area contributed by atoms with E-state index in [2.05, 4.69) is 4.90 Å². The van der Waals surface area contributed by atoms with Crippen LogP contribution >= 0.6 is 11.6 Å². The number of piperidine rings is 1. The normalized spacial score (nSPS) is 28.7. The Labute approximate surface area is 142 Å². The number of nitrogens with zero attached hydrogens (tertiary/aromatic N) is 1. The van der Waals surface area contributed by atoms with E-state index in [1.165, 1.54) is 0 Å². The van der Waals surface area contributed by atoms with Crippen LogP contribution < -0.4 is 0 Å². The van der Waals surface area contributed by atoms with Crippen LogP contribution in [-0.4, -0.2) is 40.3 Å². The molecule has 23 heavy (non-hydrogen) atoms. The molecular weight excluding hydrogens is 314 g/mol. The molecule has 1 saturated heterocycles. The van der Waals surface area contributed by atoms with E-state index in [1.807, 2.05) is 25.1 Å². The fraction of sp³-hybridized carbons (Fsp3) is 0.611. The first-order valence-electron chi connectivity index (χ1n) is 8.29. The number of carbonyl (C=O) groups is 1. The molecule has 126 valence electrons. The van der Waals surface area contributed by atoms with Crippen molar-refractivity contribution in [1.29, 1.82) is 0 Å². The van der Waals surface area contributed by atoms with Crippen molar-refractivity contribution < 1.29 is 15.0 Å². The van der Waals surface area contributed by atoms with Gasteiger partial charge < -0.3 is 10.2 Å². The van der Waals surface area contributed by atoms with Crippen molar-refractivity contribution in [2.75, 3.05) is 13.1 Å². The Morgan fingerprint density at radius 1 is 1.39 bits per heavy atom. The van der Waals surface area contributed by atoms with Gasteiger partial charge in [-0.25, -0.2) is 0 Å². The second kappa shape index (κ2) is 6.42. The van der Waals surface area contributed by atoms with Crippen molar-refractivity contribution in [3.05, 3.63) is 34.3 Å². The molecule has 2 atom stereocenters. The minimum absolute atomic E-state index is 0.419. The van der Waals surface area contributed by atoms with Crippen LogP contribution in [0.15, 0.2) is 18.2 Å². The SMILES string of the molecule is Cc1cc(Cl)ccc1CN1CC[C@@H](O)[C@@](CC2CC2)(C(=O)O)C1.